The Labute approximate surface area is 149 Å². The number of hydrogen-bond donors (Lipinski definition) is 1. The fraction of sp³-hybridized carbons (Fsp3) is 0.533. The predicted octanol–water partition coefficient (Wildman–Crippen LogP) is 0.318. The number of carbonyl (C=O) groups is 1. The van der Waals surface area contributed by atoms with Gasteiger partial charge in [0.15, 0.2) is 17.5 Å². The first-order valence-corrected chi connectivity index (χ1v) is 9.73. The summed E-state index contributed by atoms with van der Waals surface area (Å²) in [4.78, 5) is 14.1. The number of nitrogens with one attached hydrogen (secondary N) is 1. The molecule has 0 aliphatic carbocycles. The molecule has 0 unspecified atom stereocenters. The van der Waals surface area contributed by atoms with Gasteiger partial charge in [0.2, 0.25) is 15.9 Å². The van der Waals surface area contributed by atoms with E-state index in [1.165, 1.54) is 0 Å². The lowest BCUT2D eigenvalue weighted by Gasteiger charge is -2.27. The Bertz CT molecular complexity index is 755. The van der Waals surface area contributed by atoms with Gasteiger partial charge in [0.25, 0.3) is 0 Å². The van der Waals surface area contributed by atoms with Crippen molar-refractivity contribution in [2.24, 2.45) is 0 Å². The number of amides is 1. The van der Waals surface area contributed by atoms with Crippen LogP contribution in [0.15, 0.2) is 12.1 Å². The zero-order valence-electron chi connectivity index (χ0n) is 14.2. The van der Waals surface area contributed by atoms with Crippen molar-refractivity contribution >= 4 is 21.6 Å². The van der Waals surface area contributed by atoms with Gasteiger partial charge in [-0.25, -0.2) is 21.6 Å². The van der Waals surface area contributed by atoms with Crippen molar-refractivity contribution in [3.8, 4) is 0 Å². The van der Waals surface area contributed by atoms with Gasteiger partial charge in [-0.1, -0.05) is 0 Å². The highest BCUT2D eigenvalue weighted by Crippen LogP contribution is 2.25. The maximum Gasteiger partial charge on any atom is 0.240 e. The molecule has 1 heterocycles. The molecular formula is C15H20F3N3O4S. The molecule has 1 aromatic carbocycles. The standard InChI is InChI=1S/C15H20F3N3O4S/c1-26(23,24)21(12-3-2-11(16)14(17)15(12)18)10-13(22)19-4-5-20-6-8-25-9-7-20/h2-3H,4-10H2,1H3,(H,19,22). The Morgan fingerprint density at radius 3 is 2.50 bits per heavy atom. The molecule has 1 aliphatic rings. The van der Waals surface area contributed by atoms with E-state index in [0.29, 0.717) is 30.1 Å². The molecule has 1 N–H and O–H groups in total. The third-order valence-electron chi connectivity index (χ3n) is 3.82. The Morgan fingerprint density at radius 1 is 1.23 bits per heavy atom. The SMILES string of the molecule is CS(=O)(=O)N(CC(=O)NCCN1CCOCC1)c1ccc(F)c(F)c1F. The fourth-order valence-corrected chi connectivity index (χ4v) is 3.30. The number of morpholine rings is 1. The van der Waals surface area contributed by atoms with Crippen molar-refractivity contribution in [1.82, 2.24) is 10.2 Å². The number of rotatable bonds is 7. The largest absolute Gasteiger partial charge is 0.379 e. The molecular weight excluding hydrogens is 375 g/mol. The van der Waals surface area contributed by atoms with E-state index in [9.17, 15) is 26.4 Å². The third kappa shape index (κ3) is 5.32. The predicted molar refractivity (Wildman–Crippen MR) is 88.8 cm³/mol. The first-order chi connectivity index (χ1) is 12.2. The minimum Gasteiger partial charge on any atom is -0.379 e. The summed E-state index contributed by atoms with van der Waals surface area (Å²) < 4.78 is 69.7. The molecule has 2 rings (SSSR count). The molecule has 0 bridgehead atoms. The summed E-state index contributed by atoms with van der Waals surface area (Å²) in [6.07, 6.45) is 0.745. The smallest absolute Gasteiger partial charge is 0.240 e. The van der Waals surface area contributed by atoms with Crippen molar-refractivity contribution in [3.05, 3.63) is 29.6 Å². The van der Waals surface area contributed by atoms with E-state index in [-0.39, 0.29) is 6.54 Å². The second-order valence-corrected chi connectivity index (χ2v) is 7.67. The number of hydrogen-bond acceptors (Lipinski definition) is 5. The molecule has 0 spiro atoms. The van der Waals surface area contributed by atoms with Gasteiger partial charge in [0.1, 0.15) is 6.54 Å². The van der Waals surface area contributed by atoms with Gasteiger partial charge >= 0.3 is 0 Å². The highest BCUT2D eigenvalue weighted by Gasteiger charge is 2.26. The van der Waals surface area contributed by atoms with E-state index >= 15 is 0 Å². The van der Waals surface area contributed by atoms with Crippen molar-refractivity contribution in [2.75, 3.05) is 56.5 Å². The monoisotopic (exact) mass is 395 g/mol. The number of anilines is 1. The van der Waals surface area contributed by atoms with Crippen molar-refractivity contribution < 1.29 is 31.1 Å². The molecule has 11 heteroatoms. The number of ether oxygens (including phenoxy) is 1. The van der Waals surface area contributed by atoms with Gasteiger partial charge in [-0.2, -0.15) is 0 Å². The van der Waals surface area contributed by atoms with Crippen LogP contribution in [0.5, 0.6) is 0 Å². The summed E-state index contributed by atoms with van der Waals surface area (Å²) in [5.41, 5.74) is -0.727. The lowest BCUT2D eigenvalue weighted by Crippen LogP contribution is -2.44. The van der Waals surface area contributed by atoms with E-state index in [2.05, 4.69) is 10.2 Å². The number of benzene rings is 1. The zero-order valence-corrected chi connectivity index (χ0v) is 15.0. The maximum atomic E-state index is 13.9. The quantitative estimate of drug-likeness (QED) is 0.673. The van der Waals surface area contributed by atoms with Crippen LogP contribution in [0.4, 0.5) is 18.9 Å². The van der Waals surface area contributed by atoms with Gasteiger partial charge in [-0.3, -0.25) is 14.0 Å². The number of carbonyl (C=O) groups excluding carboxylic acids is 1. The van der Waals surface area contributed by atoms with E-state index < -0.39 is 45.6 Å². The molecule has 7 nitrogen and oxygen atoms in total. The molecule has 1 aliphatic heterocycles. The first kappa shape index (κ1) is 20.5. The second kappa shape index (κ2) is 8.69. The van der Waals surface area contributed by atoms with Crippen LogP contribution in [0.1, 0.15) is 0 Å². The van der Waals surface area contributed by atoms with Gasteiger partial charge in [-0.05, 0) is 12.1 Å². The molecule has 146 valence electrons. The van der Waals surface area contributed by atoms with Crippen LogP contribution in [0.2, 0.25) is 0 Å². The normalized spacial score (nSPS) is 15.7. The summed E-state index contributed by atoms with van der Waals surface area (Å²) in [5.74, 6) is -5.61. The second-order valence-electron chi connectivity index (χ2n) is 5.77. The summed E-state index contributed by atoms with van der Waals surface area (Å²) >= 11 is 0. The molecule has 0 saturated carbocycles. The zero-order chi connectivity index (χ0) is 19.3. The average Bonchev–Trinajstić information content (AvgIpc) is 2.58. The third-order valence-corrected chi connectivity index (χ3v) is 4.95. The van der Waals surface area contributed by atoms with Crippen molar-refractivity contribution in [2.45, 2.75) is 0 Å². The van der Waals surface area contributed by atoms with E-state index in [4.69, 9.17) is 4.74 Å². The van der Waals surface area contributed by atoms with Crippen molar-refractivity contribution in [1.29, 1.82) is 0 Å². The number of halogens is 3. The number of nitrogens with zero attached hydrogens (tertiary/aromatic N) is 2. The lowest BCUT2D eigenvalue weighted by molar-refractivity contribution is -0.119. The van der Waals surface area contributed by atoms with Crippen LogP contribution < -0.4 is 9.62 Å². The summed E-state index contributed by atoms with van der Waals surface area (Å²) in [7, 11) is -4.09. The van der Waals surface area contributed by atoms with Crippen LogP contribution in [-0.4, -0.2) is 71.4 Å². The first-order valence-electron chi connectivity index (χ1n) is 7.88. The molecule has 26 heavy (non-hydrogen) atoms. The molecule has 0 atom stereocenters. The maximum absolute atomic E-state index is 13.9. The van der Waals surface area contributed by atoms with Gasteiger partial charge in [-0.15, -0.1) is 0 Å². The van der Waals surface area contributed by atoms with E-state index in [0.717, 1.165) is 25.4 Å². The van der Waals surface area contributed by atoms with E-state index in [1.54, 1.807) is 0 Å². The highest BCUT2D eigenvalue weighted by molar-refractivity contribution is 7.92. The van der Waals surface area contributed by atoms with E-state index in [1.807, 2.05) is 0 Å². The topological polar surface area (TPSA) is 79.0 Å². The Kier molecular flexibility index (Phi) is 6.84. The molecule has 0 radical (unpaired) electrons. The molecule has 1 aromatic rings. The van der Waals surface area contributed by atoms with Crippen LogP contribution in [0.25, 0.3) is 0 Å². The Balaban J connectivity index is 2.02. The van der Waals surface area contributed by atoms with Gasteiger partial charge in [0.05, 0.1) is 25.2 Å². The van der Waals surface area contributed by atoms with Gasteiger partial charge < -0.3 is 10.1 Å². The molecule has 1 fully saturated rings. The van der Waals surface area contributed by atoms with Crippen LogP contribution in [-0.2, 0) is 19.6 Å². The molecule has 1 saturated heterocycles. The molecule has 1 amide bonds. The highest BCUT2D eigenvalue weighted by atomic mass is 32.2. The fourth-order valence-electron chi connectivity index (χ4n) is 2.45. The molecule has 0 aromatic heterocycles. The minimum atomic E-state index is -4.09. The van der Waals surface area contributed by atoms with Crippen LogP contribution in [0.3, 0.4) is 0 Å². The van der Waals surface area contributed by atoms with Crippen molar-refractivity contribution in [3.63, 3.8) is 0 Å². The average molecular weight is 395 g/mol. The summed E-state index contributed by atoms with van der Waals surface area (Å²) in [6.45, 7) is 2.72. The van der Waals surface area contributed by atoms with Crippen LogP contribution >= 0.6 is 0 Å². The minimum absolute atomic E-state index is 0.261. The Hall–Kier alpha value is -1.85. The Morgan fingerprint density at radius 2 is 1.88 bits per heavy atom. The van der Waals surface area contributed by atoms with Crippen LogP contribution in [0, 0.1) is 17.5 Å². The number of sulfonamides is 1. The van der Waals surface area contributed by atoms with Gasteiger partial charge in [0, 0.05) is 26.2 Å². The summed E-state index contributed by atoms with van der Waals surface area (Å²) in [5, 5.41) is 2.53. The lowest BCUT2D eigenvalue weighted by atomic mass is 10.2. The summed E-state index contributed by atoms with van der Waals surface area (Å²) in [6, 6.07) is 1.37.